The molecule has 0 unspecified atom stereocenters. The van der Waals surface area contributed by atoms with E-state index in [1.807, 2.05) is 52.0 Å². The van der Waals surface area contributed by atoms with E-state index in [1.165, 1.54) is 4.57 Å². The van der Waals surface area contributed by atoms with Gasteiger partial charge in [0.15, 0.2) is 0 Å². The van der Waals surface area contributed by atoms with Gasteiger partial charge in [0, 0.05) is 24.5 Å². The lowest BCUT2D eigenvalue weighted by molar-refractivity contribution is -0.119. The zero-order valence-corrected chi connectivity index (χ0v) is 13.6. The quantitative estimate of drug-likeness (QED) is 0.871. The Morgan fingerprint density at radius 3 is 2.41 bits per heavy atom. The number of rotatable bonds is 4. The van der Waals surface area contributed by atoms with Gasteiger partial charge in [0.2, 0.25) is 5.91 Å². The third-order valence-electron chi connectivity index (χ3n) is 3.73. The second-order valence-corrected chi connectivity index (χ2v) is 5.60. The van der Waals surface area contributed by atoms with Gasteiger partial charge in [0.25, 0.3) is 5.56 Å². The number of likely N-dealkylation sites (N-methyl/N-ethyl adjacent to an activating group) is 1. The SMILES string of the molecule is CCN(C(=O)Cn1ccc(C)cc1=O)c1cc(C)ccc1C. The lowest BCUT2D eigenvalue weighted by atomic mass is 10.1. The van der Waals surface area contributed by atoms with Crippen LogP contribution in [0.3, 0.4) is 0 Å². The number of carbonyl (C=O) groups is 1. The summed E-state index contributed by atoms with van der Waals surface area (Å²) < 4.78 is 1.45. The second kappa shape index (κ2) is 6.60. The Morgan fingerprint density at radius 2 is 1.77 bits per heavy atom. The maximum atomic E-state index is 12.6. The molecule has 0 aliphatic carbocycles. The summed E-state index contributed by atoms with van der Waals surface area (Å²) in [6.45, 7) is 8.43. The molecule has 0 N–H and O–H groups in total. The Kier molecular flexibility index (Phi) is 4.81. The van der Waals surface area contributed by atoms with Crippen LogP contribution in [0.4, 0.5) is 5.69 Å². The van der Waals surface area contributed by atoms with Crippen LogP contribution >= 0.6 is 0 Å². The number of carbonyl (C=O) groups excluding carboxylic acids is 1. The van der Waals surface area contributed by atoms with Crippen molar-refractivity contribution in [1.82, 2.24) is 4.57 Å². The van der Waals surface area contributed by atoms with Gasteiger partial charge in [-0.25, -0.2) is 0 Å². The highest BCUT2D eigenvalue weighted by Gasteiger charge is 2.16. The van der Waals surface area contributed by atoms with Crippen molar-refractivity contribution in [2.45, 2.75) is 34.2 Å². The molecule has 0 radical (unpaired) electrons. The van der Waals surface area contributed by atoms with Crippen LogP contribution in [-0.2, 0) is 11.3 Å². The Hall–Kier alpha value is -2.36. The average Bonchev–Trinajstić information content (AvgIpc) is 2.46. The van der Waals surface area contributed by atoms with E-state index in [0.717, 1.165) is 22.4 Å². The maximum Gasteiger partial charge on any atom is 0.251 e. The molecule has 0 aliphatic heterocycles. The van der Waals surface area contributed by atoms with Crippen molar-refractivity contribution in [1.29, 1.82) is 0 Å². The number of nitrogens with zero attached hydrogens (tertiary/aromatic N) is 2. The molecule has 0 bridgehead atoms. The van der Waals surface area contributed by atoms with E-state index >= 15 is 0 Å². The number of aryl methyl sites for hydroxylation is 3. The van der Waals surface area contributed by atoms with Crippen LogP contribution < -0.4 is 10.5 Å². The minimum absolute atomic E-state index is 0.0559. The van der Waals surface area contributed by atoms with Crippen LogP contribution in [0.2, 0.25) is 0 Å². The number of amides is 1. The summed E-state index contributed by atoms with van der Waals surface area (Å²) in [6.07, 6.45) is 1.67. The lowest BCUT2D eigenvalue weighted by Gasteiger charge is -2.24. The predicted molar refractivity (Wildman–Crippen MR) is 89.4 cm³/mol. The number of hydrogen-bond acceptors (Lipinski definition) is 2. The highest BCUT2D eigenvalue weighted by molar-refractivity contribution is 5.94. The second-order valence-electron chi connectivity index (χ2n) is 5.60. The van der Waals surface area contributed by atoms with E-state index < -0.39 is 0 Å². The Morgan fingerprint density at radius 1 is 1.09 bits per heavy atom. The lowest BCUT2D eigenvalue weighted by Crippen LogP contribution is -2.36. The van der Waals surface area contributed by atoms with Crippen LogP contribution in [0.5, 0.6) is 0 Å². The van der Waals surface area contributed by atoms with Gasteiger partial charge < -0.3 is 9.47 Å². The molecular weight excluding hydrogens is 276 g/mol. The molecule has 0 fully saturated rings. The number of pyridine rings is 1. The molecule has 0 aliphatic rings. The van der Waals surface area contributed by atoms with Crippen molar-refractivity contribution >= 4 is 11.6 Å². The fraction of sp³-hybridized carbons (Fsp3) is 0.333. The molecule has 1 aromatic carbocycles. The van der Waals surface area contributed by atoms with Gasteiger partial charge in [-0.05, 0) is 56.5 Å². The van der Waals surface area contributed by atoms with Crippen LogP contribution in [0.1, 0.15) is 23.6 Å². The first-order chi connectivity index (χ1) is 10.4. The maximum absolute atomic E-state index is 12.6. The first-order valence-corrected chi connectivity index (χ1v) is 7.47. The van der Waals surface area contributed by atoms with Crippen molar-refractivity contribution in [3.8, 4) is 0 Å². The van der Waals surface area contributed by atoms with E-state index in [9.17, 15) is 9.59 Å². The first kappa shape index (κ1) is 16.0. The number of anilines is 1. The normalized spacial score (nSPS) is 10.5. The van der Waals surface area contributed by atoms with Gasteiger partial charge in [-0.1, -0.05) is 12.1 Å². The zero-order chi connectivity index (χ0) is 16.3. The smallest absolute Gasteiger partial charge is 0.251 e. The van der Waals surface area contributed by atoms with Crippen LogP contribution in [0.25, 0.3) is 0 Å². The summed E-state index contributed by atoms with van der Waals surface area (Å²) >= 11 is 0. The summed E-state index contributed by atoms with van der Waals surface area (Å²) in [7, 11) is 0. The summed E-state index contributed by atoms with van der Waals surface area (Å²) in [5.41, 5.74) is 3.82. The van der Waals surface area contributed by atoms with Crippen molar-refractivity contribution in [2.24, 2.45) is 0 Å². The molecule has 1 aromatic heterocycles. The third kappa shape index (κ3) is 3.45. The molecule has 2 rings (SSSR count). The molecule has 116 valence electrons. The average molecular weight is 298 g/mol. The van der Waals surface area contributed by atoms with E-state index in [4.69, 9.17) is 0 Å². The van der Waals surface area contributed by atoms with E-state index in [1.54, 1.807) is 17.2 Å². The minimum Gasteiger partial charge on any atom is -0.311 e. The zero-order valence-electron chi connectivity index (χ0n) is 13.6. The molecule has 4 nitrogen and oxygen atoms in total. The minimum atomic E-state index is -0.148. The van der Waals surface area contributed by atoms with Gasteiger partial charge in [-0.15, -0.1) is 0 Å². The van der Waals surface area contributed by atoms with Gasteiger partial charge in [-0.3, -0.25) is 9.59 Å². The summed E-state index contributed by atoms with van der Waals surface area (Å²) in [5, 5.41) is 0. The number of aromatic nitrogens is 1. The topological polar surface area (TPSA) is 42.3 Å². The highest BCUT2D eigenvalue weighted by Crippen LogP contribution is 2.21. The summed E-state index contributed by atoms with van der Waals surface area (Å²) in [6, 6.07) is 9.43. The standard InChI is InChI=1S/C18H22N2O2/c1-5-20(16-10-13(2)6-7-15(16)4)18(22)12-19-9-8-14(3)11-17(19)21/h6-11H,5,12H2,1-4H3. The molecule has 1 heterocycles. The first-order valence-electron chi connectivity index (χ1n) is 7.47. The predicted octanol–water partition coefficient (Wildman–Crippen LogP) is 2.83. The molecule has 1 amide bonds. The van der Waals surface area contributed by atoms with Gasteiger partial charge in [-0.2, -0.15) is 0 Å². The molecule has 0 saturated heterocycles. The Balaban J connectivity index is 2.29. The van der Waals surface area contributed by atoms with Crippen LogP contribution in [0.15, 0.2) is 41.3 Å². The summed E-state index contributed by atoms with van der Waals surface area (Å²) in [5.74, 6) is -0.0813. The van der Waals surface area contributed by atoms with Crippen molar-refractivity contribution < 1.29 is 4.79 Å². The molecular formula is C18H22N2O2. The number of hydrogen-bond donors (Lipinski definition) is 0. The van der Waals surface area contributed by atoms with Gasteiger partial charge in [0.05, 0.1) is 0 Å². The fourth-order valence-electron chi connectivity index (χ4n) is 2.46. The fourth-order valence-corrected chi connectivity index (χ4v) is 2.46. The highest BCUT2D eigenvalue weighted by atomic mass is 16.2. The van der Waals surface area contributed by atoms with E-state index in [0.29, 0.717) is 6.54 Å². The van der Waals surface area contributed by atoms with Gasteiger partial charge in [0.1, 0.15) is 6.54 Å². The Bertz CT molecular complexity index is 747. The van der Waals surface area contributed by atoms with Crippen molar-refractivity contribution in [2.75, 3.05) is 11.4 Å². The van der Waals surface area contributed by atoms with Gasteiger partial charge >= 0.3 is 0 Å². The Labute approximate surface area is 131 Å². The van der Waals surface area contributed by atoms with E-state index in [-0.39, 0.29) is 18.0 Å². The molecule has 0 atom stereocenters. The largest absolute Gasteiger partial charge is 0.311 e. The molecule has 4 heteroatoms. The van der Waals surface area contributed by atoms with Crippen LogP contribution in [0, 0.1) is 20.8 Å². The van der Waals surface area contributed by atoms with Crippen LogP contribution in [-0.4, -0.2) is 17.0 Å². The number of benzene rings is 1. The summed E-state index contributed by atoms with van der Waals surface area (Å²) in [4.78, 5) is 26.3. The van der Waals surface area contributed by atoms with Crippen molar-refractivity contribution in [3.05, 3.63) is 63.6 Å². The third-order valence-corrected chi connectivity index (χ3v) is 3.73. The monoisotopic (exact) mass is 298 g/mol. The molecule has 2 aromatic rings. The van der Waals surface area contributed by atoms with Crippen molar-refractivity contribution in [3.63, 3.8) is 0 Å². The molecule has 0 spiro atoms. The molecule has 0 saturated carbocycles. The van der Waals surface area contributed by atoms with E-state index in [2.05, 4.69) is 0 Å². The molecule has 22 heavy (non-hydrogen) atoms.